The molecule has 0 saturated carbocycles. The van der Waals surface area contributed by atoms with Crippen LogP contribution in [0.4, 0.5) is 0 Å². The second-order valence-corrected chi connectivity index (χ2v) is 9.74. The maximum Gasteiger partial charge on any atom is 0.110 e. The molecule has 0 unspecified atom stereocenters. The Kier molecular flexibility index (Phi) is 3.55. The summed E-state index contributed by atoms with van der Waals surface area (Å²) in [4.78, 5) is 0. The Labute approximate surface area is 142 Å². The summed E-state index contributed by atoms with van der Waals surface area (Å²) in [6.45, 7) is 3.71. The van der Waals surface area contributed by atoms with Gasteiger partial charge in [0.1, 0.15) is 7.14 Å². The van der Waals surface area contributed by atoms with Crippen molar-refractivity contribution in [3.8, 4) is 11.1 Å². The minimum absolute atomic E-state index is 0.956. The molecule has 2 heteroatoms. The van der Waals surface area contributed by atoms with Gasteiger partial charge in [-0.15, -0.1) is 0 Å². The average Bonchev–Trinajstić information content (AvgIpc) is 2.59. The van der Waals surface area contributed by atoms with Gasteiger partial charge in [-0.2, -0.15) is 0 Å². The van der Waals surface area contributed by atoms with E-state index in [0.29, 0.717) is 0 Å². The molecule has 24 heavy (non-hydrogen) atoms. The smallest absolute Gasteiger partial charge is 0.110 e. The first-order valence-electron chi connectivity index (χ1n) is 8.11. The molecule has 0 aromatic heterocycles. The van der Waals surface area contributed by atoms with E-state index in [1.54, 1.807) is 0 Å². The third-order valence-electron chi connectivity index (χ3n) is 4.55. The molecular weight excluding hydrogens is 311 g/mol. The lowest BCUT2D eigenvalue weighted by atomic mass is 9.94. The summed E-state index contributed by atoms with van der Waals surface area (Å²) in [5, 5.41) is 5.70. The summed E-state index contributed by atoms with van der Waals surface area (Å²) >= 11 is 0. The van der Waals surface area contributed by atoms with E-state index in [1.165, 1.54) is 16.2 Å². The van der Waals surface area contributed by atoms with Crippen molar-refractivity contribution in [2.75, 3.05) is 13.3 Å². The molecule has 0 aliphatic heterocycles. The summed E-state index contributed by atoms with van der Waals surface area (Å²) in [5.74, 6) is 0. The fourth-order valence-corrected chi connectivity index (χ4v) is 4.65. The molecule has 0 spiro atoms. The summed E-state index contributed by atoms with van der Waals surface area (Å²) in [7, 11) is -2.40. The predicted octanol–water partition coefficient (Wildman–Crippen LogP) is 5.91. The standard InChI is InChI=1S/C22H19OP/c1-24(2,23)21-15-14-17-9-4-6-12-19(17)22(21)20-13-7-10-16-8-3-5-11-18(16)20/h3-15H,1-2H3. The van der Waals surface area contributed by atoms with Gasteiger partial charge in [0.15, 0.2) is 0 Å². The molecule has 0 N–H and O–H groups in total. The zero-order valence-corrected chi connectivity index (χ0v) is 14.8. The van der Waals surface area contributed by atoms with Gasteiger partial charge >= 0.3 is 0 Å². The van der Waals surface area contributed by atoms with Gasteiger partial charge in [0.25, 0.3) is 0 Å². The van der Waals surface area contributed by atoms with Crippen LogP contribution in [-0.2, 0) is 4.57 Å². The van der Waals surface area contributed by atoms with Crippen LogP contribution in [0.25, 0.3) is 32.7 Å². The Bertz CT molecular complexity index is 1100. The van der Waals surface area contributed by atoms with Crippen molar-refractivity contribution >= 4 is 34.0 Å². The van der Waals surface area contributed by atoms with E-state index in [4.69, 9.17) is 0 Å². The quantitative estimate of drug-likeness (QED) is 0.418. The second-order valence-electron chi connectivity index (χ2n) is 6.56. The van der Waals surface area contributed by atoms with E-state index in [0.717, 1.165) is 21.8 Å². The van der Waals surface area contributed by atoms with E-state index >= 15 is 0 Å². The minimum atomic E-state index is -2.40. The molecule has 0 aliphatic rings. The number of hydrogen-bond donors (Lipinski definition) is 0. The molecule has 0 fully saturated rings. The molecule has 0 radical (unpaired) electrons. The highest BCUT2D eigenvalue weighted by Gasteiger charge is 2.20. The van der Waals surface area contributed by atoms with E-state index < -0.39 is 7.14 Å². The Hall–Kier alpha value is -2.37. The number of benzene rings is 4. The normalized spacial score (nSPS) is 11.9. The monoisotopic (exact) mass is 330 g/mol. The van der Waals surface area contributed by atoms with Gasteiger partial charge in [0.2, 0.25) is 0 Å². The van der Waals surface area contributed by atoms with E-state index in [-0.39, 0.29) is 0 Å². The van der Waals surface area contributed by atoms with Crippen LogP contribution in [0.15, 0.2) is 78.9 Å². The zero-order valence-electron chi connectivity index (χ0n) is 13.9. The van der Waals surface area contributed by atoms with Crippen molar-refractivity contribution in [2.24, 2.45) is 0 Å². The Morgan fingerprint density at radius 3 is 1.92 bits per heavy atom. The van der Waals surface area contributed by atoms with Crippen molar-refractivity contribution in [3.63, 3.8) is 0 Å². The van der Waals surface area contributed by atoms with Crippen LogP contribution >= 0.6 is 7.14 Å². The van der Waals surface area contributed by atoms with Crippen LogP contribution in [0, 0.1) is 0 Å². The molecule has 1 nitrogen and oxygen atoms in total. The van der Waals surface area contributed by atoms with Crippen LogP contribution in [-0.4, -0.2) is 13.3 Å². The van der Waals surface area contributed by atoms with Crippen molar-refractivity contribution in [2.45, 2.75) is 0 Å². The third kappa shape index (κ3) is 2.46. The minimum Gasteiger partial charge on any atom is -0.319 e. The fraction of sp³-hybridized carbons (Fsp3) is 0.0909. The lowest BCUT2D eigenvalue weighted by Gasteiger charge is -2.18. The Morgan fingerprint density at radius 2 is 1.21 bits per heavy atom. The van der Waals surface area contributed by atoms with Gasteiger partial charge in [0, 0.05) is 10.9 Å². The van der Waals surface area contributed by atoms with Gasteiger partial charge in [-0.25, -0.2) is 0 Å². The van der Waals surface area contributed by atoms with Crippen molar-refractivity contribution in [1.29, 1.82) is 0 Å². The first kappa shape index (κ1) is 15.2. The SMILES string of the molecule is CP(C)(=O)c1ccc2ccccc2c1-c1cccc2ccccc12. The van der Waals surface area contributed by atoms with Gasteiger partial charge in [-0.3, -0.25) is 0 Å². The summed E-state index contributed by atoms with van der Waals surface area (Å²) < 4.78 is 13.0. The lowest BCUT2D eigenvalue weighted by Crippen LogP contribution is -2.08. The van der Waals surface area contributed by atoms with Gasteiger partial charge in [-0.1, -0.05) is 78.9 Å². The molecule has 0 bridgehead atoms. The fourth-order valence-electron chi connectivity index (χ4n) is 3.44. The molecule has 4 aromatic carbocycles. The molecule has 4 aromatic rings. The highest BCUT2D eigenvalue weighted by Crippen LogP contribution is 2.43. The number of hydrogen-bond acceptors (Lipinski definition) is 1. The van der Waals surface area contributed by atoms with Crippen molar-refractivity contribution in [1.82, 2.24) is 0 Å². The highest BCUT2D eigenvalue weighted by molar-refractivity contribution is 7.70. The predicted molar refractivity (Wildman–Crippen MR) is 106 cm³/mol. The van der Waals surface area contributed by atoms with E-state index in [2.05, 4.69) is 66.7 Å². The maximum absolute atomic E-state index is 13.0. The molecule has 0 amide bonds. The molecule has 0 saturated heterocycles. The first-order valence-corrected chi connectivity index (χ1v) is 10.7. The summed E-state index contributed by atoms with van der Waals surface area (Å²) in [5.41, 5.74) is 2.27. The molecular formula is C22H19OP. The summed E-state index contributed by atoms with van der Waals surface area (Å²) in [6.07, 6.45) is 0. The Balaban J connectivity index is 2.21. The largest absolute Gasteiger partial charge is 0.319 e. The molecule has 0 heterocycles. The number of rotatable bonds is 2. The summed E-state index contributed by atoms with van der Waals surface area (Å²) in [6, 6.07) is 27.2. The van der Waals surface area contributed by atoms with Crippen LogP contribution in [0.1, 0.15) is 0 Å². The van der Waals surface area contributed by atoms with Crippen LogP contribution in [0.3, 0.4) is 0 Å². The van der Waals surface area contributed by atoms with Crippen LogP contribution in [0.5, 0.6) is 0 Å². The van der Waals surface area contributed by atoms with Gasteiger partial charge < -0.3 is 4.57 Å². The van der Waals surface area contributed by atoms with Crippen LogP contribution < -0.4 is 5.30 Å². The van der Waals surface area contributed by atoms with Gasteiger partial charge in [0.05, 0.1) is 0 Å². The van der Waals surface area contributed by atoms with E-state index in [9.17, 15) is 4.57 Å². The number of fused-ring (bicyclic) bond motifs is 2. The topological polar surface area (TPSA) is 17.1 Å². The Morgan fingerprint density at radius 1 is 0.625 bits per heavy atom. The van der Waals surface area contributed by atoms with Crippen molar-refractivity contribution < 1.29 is 4.57 Å². The first-order chi connectivity index (χ1) is 11.6. The average molecular weight is 330 g/mol. The van der Waals surface area contributed by atoms with Gasteiger partial charge in [-0.05, 0) is 40.4 Å². The van der Waals surface area contributed by atoms with Crippen LogP contribution in [0.2, 0.25) is 0 Å². The molecule has 0 aliphatic carbocycles. The molecule has 118 valence electrons. The molecule has 0 atom stereocenters. The van der Waals surface area contributed by atoms with E-state index in [1.807, 2.05) is 25.5 Å². The van der Waals surface area contributed by atoms with Crippen molar-refractivity contribution in [3.05, 3.63) is 78.9 Å². The second kappa shape index (κ2) is 5.61. The highest BCUT2D eigenvalue weighted by atomic mass is 31.2. The zero-order chi connectivity index (χ0) is 16.7. The third-order valence-corrected chi connectivity index (χ3v) is 6.08. The lowest BCUT2D eigenvalue weighted by molar-refractivity contribution is 0.588. The molecule has 4 rings (SSSR count). The maximum atomic E-state index is 13.0.